The van der Waals surface area contributed by atoms with E-state index in [9.17, 15) is 34.4 Å². The maximum Gasteiger partial charge on any atom is 0.472 e. The van der Waals surface area contributed by atoms with Crippen molar-refractivity contribution in [2.24, 2.45) is 11.8 Å². The highest BCUT2D eigenvalue weighted by Gasteiger charge is 2.39. The van der Waals surface area contributed by atoms with Crippen molar-refractivity contribution in [1.29, 1.82) is 0 Å². The number of phosphoric acid groups is 1. The minimum Gasteiger partial charge on any atom is -0.462 e. The van der Waals surface area contributed by atoms with Gasteiger partial charge in [-0.25, -0.2) is 4.57 Å². The number of hydrogen-bond acceptors (Lipinski definition) is 10. The summed E-state index contributed by atoms with van der Waals surface area (Å²) in [6.45, 7) is 4.02. The van der Waals surface area contributed by atoms with Gasteiger partial charge in [-0.15, -0.1) is 0 Å². The van der Waals surface area contributed by atoms with E-state index < -0.39 is 50.8 Å². The van der Waals surface area contributed by atoms with Crippen LogP contribution in [0.5, 0.6) is 0 Å². The number of aliphatic hydroxyl groups is 3. The van der Waals surface area contributed by atoms with Gasteiger partial charge in [0, 0.05) is 25.2 Å². The van der Waals surface area contributed by atoms with Gasteiger partial charge in [-0.2, -0.15) is 0 Å². The fourth-order valence-electron chi connectivity index (χ4n) is 7.45. The Labute approximate surface area is 382 Å². The van der Waals surface area contributed by atoms with Crippen LogP contribution in [0.15, 0.2) is 48.6 Å². The van der Waals surface area contributed by atoms with Crippen LogP contribution in [0.2, 0.25) is 0 Å². The molecule has 7 atom stereocenters. The molecule has 0 amide bonds. The molecule has 366 valence electrons. The lowest BCUT2D eigenvalue weighted by Crippen LogP contribution is -2.37. The number of hydrogen-bond donors (Lipinski definition) is 4. The normalized spacial score (nSPS) is 20.3. The highest BCUT2D eigenvalue weighted by atomic mass is 31.2. The van der Waals surface area contributed by atoms with Crippen LogP contribution in [-0.2, 0) is 32.7 Å². The summed E-state index contributed by atoms with van der Waals surface area (Å²) in [5.74, 6) is -1.39. The Kier molecular flexibility index (Phi) is 34.6. The SMILES string of the molecule is CCCCC/C=C\C/C=C\CCCCCCCCCCCC(=O)O[C@H](COC(=O)CCC/C=C/C[C@@H]1[C@@H](/C=C/[C@@H](O)CCCCC)[C@H](O)C[C@@H]1O)COP(=O)(O)OCC[N+](C)(C)C. The molecule has 1 saturated carbocycles. The fraction of sp³-hybridized carbons (Fsp3) is 0.800. The molecule has 12 nitrogen and oxygen atoms in total. The van der Waals surface area contributed by atoms with Crippen LogP contribution >= 0.6 is 7.82 Å². The Bertz CT molecular complexity index is 1330. The van der Waals surface area contributed by atoms with Gasteiger partial charge in [0.15, 0.2) is 6.10 Å². The maximum atomic E-state index is 12.8. The first-order chi connectivity index (χ1) is 30.2. The molecule has 0 heterocycles. The molecule has 1 unspecified atom stereocenters. The molecule has 0 aromatic heterocycles. The van der Waals surface area contributed by atoms with Crippen LogP contribution in [0.3, 0.4) is 0 Å². The third-order valence-corrected chi connectivity index (χ3v) is 12.4. The van der Waals surface area contributed by atoms with Crippen LogP contribution in [0.25, 0.3) is 0 Å². The molecule has 1 rings (SSSR count). The number of phosphoric ester groups is 1. The Morgan fingerprint density at radius 3 is 1.92 bits per heavy atom. The van der Waals surface area contributed by atoms with E-state index in [4.69, 9.17) is 18.5 Å². The average molecular weight is 913 g/mol. The molecule has 13 heteroatoms. The smallest absolute Gasteiger partial charge is 0.462 e. The van der Waals surface area contributed by atoms with E-state index in [2.05, 4.69) is 38.2 Å². The number of rotatable bonds is 40. The molecule has 0 spiro atoms. The van der Waals surface area contributed by atoms with E-state index in [1.165, 1.54) is 57.8 Å². The van der Waals surface area contributed by atoms with Crippen LogP contribution in [0, 0.1) is 11.8 Å². The van der Waals surface area contributed by atoms with E-state index in [1.807, 2.05) is 39.4 Å². The summed E-state index contributed by atoms with van der Waals surface area (Å²) in [6.07, 6.45) is 36.8. The largest absolute Gasteiger partial charge is 0.472 e. The van der Waals surface area contributed by atoms with Crippen molar-refractivity contribution in [1.82, 2.24) is 0 Å². The minimum absolute atomic E-state index is 0.00944. The monoisotopic (exact) mass is 913 g/mol. The van der Waals surface area contributed by atoms with Gasteiger partial charge in [0.2, 0.25) is 0 Å². The highest BCUT2D eigenvalue weighted by Crippen LogP contribution is 2.43. The second kappa shape index (κ2) is 37.0. The number of esters is 2. The van der Waals surface area contributed by atoms with Crippen molar-refractivity contribution in [3.63, 3.8) is 0 Å². The highest BCUT2D eigenvalue weighted by molar-refractivity contribution is 7.47. The zero-order valence-corrected chi connectivity index (χ0v) is 41.0. The molecule has 1 fully saturated rings. The summed E-state index contributed by atoms with van der Waals surface area (Å²) in [4.78, 5) is 35.7. The first-order valence-electron chi connectivity index (χ1n) is 24.6. The third-order valence-electron chi connectivity index (χ3n) is 11.4. The lowest BCUT2D eigenvalue weighted by Gasteiger charge is -2.24. The molecule has 0 saturated heterocycles. The predicted molar refractivity (Wildman–Crippen MR) is 254 cm³/mol. The lowest BCUT2D eigenvalue weighted by atomic mass is 9.89. The van der Waals surface area contributed by atoms with Crippen molar-refractivity contribution in [2.45, 2.75) is 199 Å². The lowest BCUT2D eigenvalue weighted by molar-refractivity contribution is -0.870. The van der Waals surface area contributed by atoms with E-state index in [1.54, 1.807) is 6.08 Å². The van der Waals surface area contributed by atoms with Gasteiger partial charge >= 0.3 is 19.8 Å². The van der Waals surface area contributed by atoms with Crippen molar-refractivity contribution >= 4 is 19.8 Å². The van der Waals surface area contributed by atoms with E-state index >= 15 is 0 Å². The van der Waals surface area contributed by atoms with Crippen LogP contribution < -0.4 is 0 Å². The van der Waals surface area contributed by atoms with Gasteiger partial charge in [0.1, 0.15) is 19.8 Å². The molecular formula is C50H91NO11P+. The standard InChI is InChI=1S/C50H90NO11P/c1-6-8-10-11-12-13-14-15-16-17-18-19-20-21-22-23-24-25-31-35-50(56)62-44(42-61-63(57,58)60-39-38-51(3,4)5)41-59-49(55)34-30-27-26-29-33-45-46(48(54)40-47(45)53)37-36-43(52)32-28-9-7-2/h12-13,15-16,26,29,36-37,43-48,52-54H,6-11,14,17-25,27-28,30-35,38-42H2,1-5H3/p+1/b13-12-,16-15-,29-26+,37-36+/t43-,44+,45+,46+,47-,48+/m0/s1. The number of nitrogens with zero attached hydrogens (tertiary/aromatic N) is 1. The van der Waals surface area contributed by atoms with Gasteiger partial charge in [-0.3, -0.25) is 18.6 Å². The first kappa shape index (κ1) is 58.9. The average Bonchev–Trinajstić information content (AvgIpc) is 3.50. The van der Waals surface area contributed by atoms with E-state index in [-0.39, 0.29) is 37.9 Å². The summed E-state index contributed by atoms with van der Waals surface area (Å²) >= 11 is 0. The summed E-state index contributed by atoms with van der Waals surface area (Å²) in [5.41, 5.74) is 0. The summed E-state index contributed by atoms with van der Waals surface area (Å²) < 4.78 is 34.3. The molecule has 63 heavy (non-hydrogen) atoms. The quantitative estimate of drug-likeness (QED) is 0.0152. The topological polar surface area (TPSA) is 169 Å². The third kappa shape index (κ3) is 33.9. The number of ether oxygens (including phenoxy) is 2. The van der Waals surface area contributed by atoms with Crippen molar-refractivity contribution < 1.29 is 57.4 Å². The number of carbonyl (C=O) groups is 2. The van der Waals surface area contributed by atoms with E-state index in [0.717, 1.165) is 51.4 Å². The van der Waals surface area contributed by atoms with Gasteiger partial charge < -0.3 is 34.2 Å². The van der Waals surface area contributed by atoms with Crippen LogP contribution in [0.4, 0.5) is 0 Å². The van der Waals surface area contributed by atoms with Crippen molar-refractivity contribution in [2.75, 3.05) is 47.5 Å². The predicted octanol–water partition coefficient (Wildman–Crippen LogP) is 10.6. The van der Waals surface area contributed by atoms with Gasteiger partial charge in [0.25, 0.3) is 0 Å². The van der Waals surface area contributed by atoms with Gasteiger partial charge in [-0.05, 0) is 70.1 Å². The molecule has 0 bridgehead atoms. The van der Waals surface area contributed by atoms with Gasteiger partial charge in [-0.1, -0.05) is 140 Å². The number of aliphatic hydroxyl groups excluding tert-OH is 3. The van der Waals surface area contributed by atoms with Crippen molar-refractivity contribution in [3.8, 4) is 0 Å². The Morgan fingerprint density at radius 2 is 1.27 bits per heavy atom. The van der Waals surface area contributed by atoms with Crippen molar-refractivity contribution in [3.05, 3.63) is 48.6 Å². The summed E-state index contributed by atoms with van der Waals surface area (Å²) in [7, 11) is 1.34. The maximum absolute atomic E-state index is 12.8. The number of likely N-dealkylation sites (N-methyl/N-ethyl adjacent to an activating group) is 1. The fourth-order valence-corrected chi connectivity index (χ4v) is 8.19. The molecule has 0 radical (unpaired) electrons. The van der Waals surface area contributed by atoms with Crippen LogP contribution in [0.1, 0.15) is 174 Å². The number of carbonyl (C=O) groups excluding carboxylic acids is 2. The Morgan fingerprint density at radius 1 is 0.698 bits per heavy atom. The molecular weight excluding hydrogens is 822 g/mol. The second-order valence-electron chi connectivity index (χ2n) is 18.5. The first-order valence-corrected chi connectivity index (χ1v) is 26.1. The Hall–Kier alpha value is -2.15. The number of quaternary nitrogens is 1. The van der Waals surface area contributed by atoms with Crippen LogP contribution in [-0.4, -0.2) is 109 Å². The zero-order valence-electron chi connectivity index (χ0n) is 40.1. The zero-order chi connectivity index (χ0) is 46.6. The molecule has 0 aromatic rings. The molecule has 1 aliphatic carbocycles. The van der Waals surface area contributed by atoms with Gasteiger partial charge in [0.05, 0.1) is 46.1 Å². The van der Waals surface area contributed by atoms with E-state index in [0.29, 0.717) is 49.6 Å². The summed E-state index contributed by atoms with van der Waals surface area (Å²) in [5, 5.41) is 31.4. The minimum atomic E-state index is -4.44. The molecule has 0 aliphatic heterocycles. The molecule has 0 aromatic carbocycles. The molecule has 1 aliphatic rings. The number of allylic oxidation sites excluding steroid dienone is 6. The molecule has 4 N–H and O–H groups in total. The number of unbranched alkanes of at least 4 members (excludes halogenated alkanes) is 15. The summed E-state index contributed by atoms with van der Waals surface area (Å²) in [6, 6.07) is 0. The Balaban J connectivity index is 2.44. The second-order valence-corrected chi connectivity index (χ2v) is 19.9.